The molecule has 0 aliphatic carbocycles. The van der Waals surface area contributed by atoms with Crippen LogP contribution in [0.5, 0.6) is 0 Å². The van der Waals surface area contributed by atoms with Crippen LogP contribution in [0.25, 0.3) is 0 Å². The second kappa shape index (κ2) is 14.0. The van der Waals surface area contributed by atoms with E-state index < -0.39 is 0 Å². The van der Waals surface area contributed by atoms with Crippen LogP contribution in [0, 0.1) is 11.8 Å². The maximum absolute atomic E-state index is 12.2. The summed E-state index contributed by atoms with van der Waals surface area (Å²) in [6, 6.07) is 19.7. The van der Waals surface area contributed by atoms with Gasteiger partial charge in [0.25, 0.3) is 0 Å². The molecule has 0 unspecified atom stereocenters. The van der Waals surface area contributed by atoms with Gasteiger partial charge in [-0.15, -0.1) is 0 Å². The van der Waals surface area contributed by atoms with Crippen molar-refractivity contribution in [3.05, 3.63) is 71.8 Å². The summed E-state index contributed by atoms with van der Waals surface area (Å²) in [5, 5.41) is 8.69. The van der Waals surface area contributed by atoms with Crippen molar-refractivity contribution in [2.75, 3.05) is 0 Å². The third kappa shape index (κ3) is 10.3. The molecule has 2 rings (SSSR count). The lowest BCUT2D eigenvalue weighted by Gasteiger charge is -2.10. The van der Waals surface area contributed by atoms with Crippen LogP contribution in [0.2, 0.25) is 0 Å². The SMILES string of the molecule is CC(C)C/C(=N\NC(=O)CCCC(=O)N/N=C(\CC(C)C)c1ccccc1)c1ccccc1. The van der Waals surface area contributed by atoms with E-state index in [2.05, 4.69) is 48.7 Å². The molecular formula is C27H36N4O2. The molecule has 0 aromatic heterocycles. The topological polar surface area (TPSA) is 82.9 Å². The molecule has 0 fully saturated rings. The summed E-state index contributed by atoms with van der Waals surface area (Å²) < 4.78 is 0. The van der Waals surface area contributed by atoms with Crippen LogP contribution in [-0.4, -0.2) is 23.2 Å². The average Bonchev–Trinajstić information content (AvgIpc) is 2.80. The summed E-state index contributed by atoms with van der Waals surface area (Å²) in [4.78, 5) is 24.5. The number of hydrogen-bond donors (Lipinski definition) is 2. The monoisotopic (exact) mass is 448 g/mol. The summed E-state index contributed by atoms with van der Waals surface area (Å²) in [6.45, 7) is 8.47. The highest BCUT2D eigenvalue weighted by molar-refractivity contribution is 6.01. The average molecular weight is 449 g/mol. The van der Waals surface area contributed by atoms with Crippen LogP contribution < -0.4 is 10.9 Å². The maximum atomic E-state index is 12.2. The molecule has 0 atom stereocenters. The van der Waals surface area contributed by atoms with Crippen molar-refractivity contribution in [1.82, 2.24) is 10.9 Å². The van der Waals surface area contributed by atoms with Crippen LogP contribution >= 0.6 is 0 Å². The molecular weight excluding hydrogens is 412 g/mol. The number of amides is 2. The molecule has 0 aliphatic heterocycles. The zero-order valence-electron chi connectivity index (χ0n) is 20.2. The lowest BCUT2D eigenvalue weighted by molar-refractivity contribution is -0.122. The first-order chi connectivity index (χ1) is 15.8. The van der Waals surface area contributed by atoms with E-state index in [4.69, 9.17) is 0 Å². The van der Waals surface area contributed by atoms with Crippen molar-refractivity contribution >= 4 is 23.2 Å². The quantitative estimate of drug-likeness (QED) is 0.342. The van der Waals surface area contributed by atoms with E-state index >= 15 is 0 Å². The van der Waals surface area contributed by atoms with E-state index in [0.717, 1.165) is 35.4 Å². The molecule has 6 heteroatoms. The Morgan fingerprint density at radius 1 is 0.667 bits per heavy atom. The summed E-state index contributed by atoms with van der Waals surface area (Å²) in [6.07, 6.45) is 2.41. The molecule has 0 aliphatic rings. The summed E-state index contributed by atoms with van der Waals surface area (Å²) in [5.41, 5.74) is 8.99. The Kier molecular flexibility index (Phi) is 11.0. The fourth-order valence-corrected chi connectivity index (χ4v) is 3.27. The molecule has 0 saturated carbocycles. The van der Waals surface area contributed by atoms with Crippen molar-refractivity contribution in [3.8, 4) is 0 Å². The Balaban J connectivity index is 1.84. The van der Waals surface area contributed by atoms with E-state index in [1.807, 2.05) is 60.7 Å². The number of carbonyl (C=O) groups is 2. The van der Waals surface area contributed by atoms with Crippen molar-refractivity contribution in [3.63, 3.8) is 0 Å². The fourth-order valence-electron chi connectivity index (χ4n) is 3.27. The summed E-state index contributed by atoms with van der Waals surface area (Å²) >= 11 is 0. The first-order valence-corrected chi connectivity index (χ1v) is 11.7. The van der Waals surface area contributed by atoms with Gasteiger partial charge in [0.05, 0.1) is 11.4 Å². The lowest BCUT2D eigenvalue weighted by atomic mass is 10.0. The smallest absolute Gasteiger partial charge is 0.240 e. The van der Waals surface area contributed by atoms with Gasteiger partial charge < -0.3 is 0 Å². The first-order valence-electron chi connectivity index (χ1n) is 11.7. The van der Waals surface area contributed by atoms with Crippen LogP contribution in [0.4, 0.5) is 0 Å². The molecule has 33 heavy (non-hydrogen) atoms. The van der Waals surface area contributed by atoms with E-state index in [0.29, 0.717) is 18.3 Å². The van der Waals surface area contributed by atoms with E-state index in [1.165, 1.54) is 0 Å². The molecule has 0 radical (unpaired) electrons. The predicted octanol–water partition coefficient (Wildman–Crippen LogP) is 5.29. The first kappa shape index (κ1) is 26.0. The molecule has 0 spiro atoms. The molecule has 2 N–H and O–H groups in total. The van der Waals surface area contributed by atoms with Crippen molar-refractivity contribution in [2.24, 2.45) is 22.0 Å². The minimum absolute atomic E-state index is 0.201. The van der Waals surface area contributed by atoms with Gasteiger partial charge in [-0.05, 0) is 42.2 Å². The number of hydrogen-bond acceptors (Lipinski definition) is 4. The molecule has 2 amide bonds. The third-order valence-electron chi connectivity index (χ3n) is 4.86. The van der Waals surface area contributed by atoms with Gasteiger partial charge >= 0.3 is 0 Å². The van der Waals surface area contributed by atoms with Crippen LogP contribution in [0.3, 0.4) is 0 Å². The van der Waals surface area contributed by atoms with E-state index in [9.17, 15) is 9.59 Å². The van der Waals surface area contributed by atoms with Gasteiger partial charge in [0, 0.05) is 12.8 Å². The highest BCUT2D eigenvalue weighted by atomic mass is 16.2. The Morgan fingerprint density at radius 3 is 1.36 bits per heavy atom. The van der Waals surface area contributed by atoms with Crippen LogP contribution in [0.1, 0.15) is 70.9 Å². The van der Waals surface area contributed by atoms with Gasteiger partial charge in [-0.25, -0.2) is 10.9 Å². The Labute approximate surface area is 197 Å². The van der Waals surface area contributed by atoms with Gasteiger partial charge in [0.1, 0.15) is 0 Å². The van der Waals surface area contributed by atoms with E-state index in [1.54, 1.807) is 0 Å². The number of benzene rings is 2. The second-order valence-electron chi connectivity index (χ2n) is 8.97. The van der Waals surface area contributed by atoms with Gasteiger partial charge in [-0.3, -0.25) is 9.59 Å². The number of nitrogens with one attached hydrogen (secondary N) is 2. The predicted molar refractivity (Wildman–Crippen MR) is 135 cm³/mol. The second-order valence-corrected chi connectivity index (χ2v) is 8.97. The Hall–Kier alpha value is -3.28. The van der Waals surface area contributed by atoms with Crippen LogP contribution in [0.15, 0.2) is 70.9 Å². The Morgan fingerprint density at radius 2 is 1.03 bits per heavy atom. The Bertz CT molecular complexity index is 858. The summed E-state index contributed by atoms with van der Waals surface area (Å²) in [5.74, 6) is 0.435. The number of hydrazone groups is 2. The third-order valence-corrected chi connectivity index (χ3v) is 4.86. The largest absolute Gasteiger partial charge is 0.273 e. The zero-order chi connectivity index (χ0) is 24.1. The van der Waals surface area contributed by atoms with Gasteiger partial charge in [-0.2, -0.15) is 10.2 Å². The van der Waals surface area contributed by atoms with Crippen molar-refractivity contribution < 1.29 is 9.59 Å². The highest BCUT2D eigenvalue weighted by Crippen LogP contribution is 2.11. The standard InChI is InChI=1S/C27H36N4O2/c1-20(2)18-24(22-12-7-5-8-13-22)28-30-26(32)16-11-17-27(33)31-29-25(19-21(3)4)23-14-9-6-10-15-23/h5-10,12-15,20-21H,11,16-19H2,1-4H3,(H,30,32)(H,31,33)/b28-24+,29-25+. The van der Waals surface area contributed by atoms with Gasteiger partial charge in [0.2, 0.25) is 11.8 Å². The van der Waals surface area contributed by atoms with Crippen molar-refractivity contribution in [2.45, 2.75) is 59.8 Å². The maximum Gasteiger partial charge on any atom is 0.240 e. The molecule has 2 aromatic rings. The van der Waals surface area contributed by atoms with Crippen molar-refractivity contribution in [1.29, 1.82) is 0 Å². The molecule has 6 nitrogen and oxygen atoms in total. The zero-order valence-corrected chi connectivity index (χ0v) is 20.2. The molecule has 0 saturated heterocycles. The lowest BCUT2D eigenvalue weighted by Crippen LogP contribution is -2.23. The van der Waals surface area contributed by atoms with Gasteiger partial charge in [-0.1, -0.05) is 88.4 Å². The molecule has 0 bridgehead atoms. The number of nitrogens with zero attached hydrogens (tertiary/aromatic N) is 2. The minimum Gasteiger partial charge on any atom is -0.273 e. The summed E-state index contributed by atoms with van der Waals surface area (Å²) in [7, 11) is 0. The van der Waals surface area contributed by atoms with Gasteiger partial charge in [0.15, 0.2) is 0 Å². The number of carbonyl (C=O) groups excluding carboxylic acids is 2. The molecule has 176 valence electrons. The minimum atomic E-state index is -0.201. The molecule has 2 aromatic carbocycles. The highest BCUT2D eigenvalue weighted by Gasteiger charge is 2.10. The van der Waals surface area contributed by atoms with Crippen LogP contribution in [-0.2, 0) is 9.59 Å². The fraction of sp³-hybridized carbons (Fsp3) is 0.407. The van der Waals surface area contributed by atoms with E-state index in [-0.39, 0.29) is 24.7 Å². The molecule has 0 heterocycles. The number of rotatable bonds is 12. The normalized spacial score (nSPS) is 12.2.